The molecule has 8 heteroatoms. The molecular formula is C17H8BrCl2F3N2. The second-order valence-electron chi connectivity index (χ2n) is 5.10. The molecule has 0 aliphatic heterocycles. The summed E-state index contributed by atoms with van der Waals surface area (Å²) in [5, 5.41) is 0.540. The van der Waals surface area contributed by atoms with Crippen LogP contribution in [0.3, 0.4) is 0 Å². The Balaban J connectivity index is 2.21. The molecule has 2 nitrogen and oxygen atoms in total. The van der Waals surface area contributed by atoms with Crippen LogP contribution in [-0.2, 0) is 6.18 Å². The smallest absolute Gasteiger partial charge is 0.228 e. The highest BCUT2D eigenvalue weighted by atomic mass is 79.9. The molecule has 1 heterocycles. The molecular weight excluding hydrogens is 440 g/mol. The number of benzene rings is 2. The third-order valence-electron chi connectivity index (χ3n) is 3.31. The standard InChI is InChI=1S/C17H8BrCl2F3N2/c18-11-3-1-2-10(6-11)16-24-14(8-15(25-16)17(21,22)23)9-4-5-12(19)13(20)7-9/h1-8H. The van der Waals surface area contributed by atoms with Crippen LogP contribution in [-0.4, -0.2) is 9.97 Å². The van der Waals surface area contributed by atoms with Crippen molar-refractivity contribution < 1.29 is 13.2 Å². The fourth-order valence-electron chi connectivity index (χ4n) is 2.15. The molecule has 0 saturated heterocycles. The molecule has 0 atom stereocenters. The minimum absolute atomic E-state index is 0.0304. The summed E-state index contributed by atoms with van der Waals surface area (Å²) in [4.78, 5) is 7.93. The molecule has 0 aliphatic carbocycles. The molecule has 0 spiro atoms. The van der Waals surface area contributed by atoms with Gasteiger partial charge in [-0.1, -0.05) is 57.3 Å². The van der Waals surface area contributed by atoms with Crippen LogP contribution in [0.5, 0.6) is 0 Å². The Kier molecular flexibility index (Phi) is 5.04. The Morgan fingerprint density at radius 2 is 1.60 bits per heavy atom. The van der Waals surface area contributed by atoms with E-state index in [-0.39, 0.29) is 16.5 Å². The van der Waals surface area contributed by atoms with Gasteiger partial charge in [-0.3, -0.25) is 0 Å². The second kappa shape index (κ2) is 6.94. The molecule has 0 bridgehead atoms. The van der Waals surface area contributed by atoms with Gasteiger partial charge in [0.1, 0.15) is 5.69 Å². The lowest BCUT2D eigenvalue weighted by molar-refractivity contribution is -0.141. The molecule has 0 saturated carbocycles. The van der Waals surface area contributed by atoms with Crippen molar-refractivity contribution >= 4 is 39.1 Å². The van der Waals surface area contributed by atoms with Crippen LogP contribution in [0.4, 0.5) is 13.2 Å². The zero-order valence-electron chi connectivity index (χ0n) is 12.3. The first-order valence-electron chi connectivity index (χ1n) is 6.92. The summed E-state index contributed by atoms with van der Waals surface area (Å²) in [6.45, 7) is 0. The average molecular weight is 448 g/mol. The van der Waals surface area contributed by atoms with Gasteiger partial charge in [0.25, 0.3) is 0 Å². The van der Waals surface area contributed by atoms with E-state index in [1.807, 2.05) is 0 Å². The van der Waals surface area contributed by atoms with Crippen molar-refractivity contribution in [3.05, 3.63) is 68.7 Å². The Morgan fingerprint density at radius 3 is 2.24 bits per heavy atom. The molecule has 1 aromatic heterocycles. The van der Waals surface area contributed by atoms with E-state index < -0.39 is 11.9 Å². The number of aromatic nitrogens is 2. The molecule has 25 heavy (non-hydrogen) atoms. The summed E-state index contributed by atoms with van der Waals surface area (Å²) in [5.41, 5.74) is -0.0465. The number of hydrogen-bond donors (Lipinski definition) is 0. The maximum atomic E-state index is 13.3. The summed E-state index contributed by atoms with van der Waals surface area (Å²) in [6, 6.07) is 12.2. The fourth-order valence-corrected chi connectivity index (χ4v) is 2.85. The van der Waals surface area contributed by atoms with Gasteiger partial charge < -0.3 is 0 Å². The van der Waals surface area contributed by atoms with E-state index >= 15 is 0 Å². The summed E-state index contributed by atoms with van der Waals surface area (Å²) in [7, 11) is 0. The molecule has 0 radical (unpaired) electrons. The normalized spacial score (nSPS) is 11.6. The van der Waals surface area contributed by atoms with E-state index in [4.69, 9.17) is 23.2 Å². The Labute approximate surface area is 159 Å². The zero-order chi connectivity index (χ0) is 18.2. The summed E-state index contributed by atoms with van der Waals surface area (Å²) in [6.07, 6.45) is -4.60. The highest BCUT2D eigenvalue weighted by molar-refractivity contribution is 9.10. The lowest BCUT2D eigenvalue weighted by Crippen LogP contribution is -2.10. The first-order valence-corrected chi connectivity index (χ1v) is 8.46. The maximum Gasteiger partial charge on any atom is 0.433 e. The molecule has 2 aromatic carbocycles. The summed E-state index contributed by atoms with van der Waals surface area (Å²) in [5.74, 6) is -0.0304. The first kappa shape index (κ1) is 18.2. The SMILES string of the molecule is FC(F)(F)c1cc(-c2ccc(Cl)c(Cl)c2)nc(-c2cccc(Br)c2)n1. The molecule has 128 valence electrons. The van der Waals surface area contributed by atoms with Crippen LogP contribution in [0.15, 0.2) is 53.0 Å². The number of halogens is 6. The lowest BCUT2D eigenvalue weighted by atomic mass is 10.1. The number of hydrogen-bond acceptors (Lipinski definition) is 2. The molecule has 0 fully saturated rings. The zero-order valence-corrected chi connectivity index (χ0v) is 15.4. The van der Waals surface area contributed by atoms with E-state index in [2.05, 4.69) is 25.9 Å². The van der Waals surface area contributed by atoms with Gasteiger partial charge in [-0.2, -0.15) is 13.2 Å². The van der Waals surface area contributed by atoms with Gasteiger partial charge in [-0.25, -0.2) is 9.97 Å². The molecule has 0 N–H and O–H groups in total. The van der Waals surface area contributed by atoms with Crippen molar-refractivity contribution in [1.29, 1.82) is 0 Å². The van der Waals surface area contributed by atoms with E-state index in [0.717, 1.165) is 6.07 Å². The summed E-state index contributed by atoms with van der Waals surface area (Å²) < 4.78 is 40.5. The molecule has 3 rings (SSSR count). The lowest BCUT2D eigenvalue weighted by Gasteiger charge is -2.11. The van der Waals surface area contributed by atoms with E-state index in [0.29, 0.717) is 20.6 Å². The van der Waals surface area contributed by atoms with Crippen molar-refractivity contribution in [2.45, 2.75) is 6.18 Å². The van der Waals surface area contributed by atoms with Gasteiger partial charge in [-0.15, -0.1) is 0 Å². The molecule has 0 aliphatic rings. The van der Waals surface area contributed by atoms with Gasteiger partial charge in [0.15, 0.2) is 5.82 Å². The Bertz CT molecular complexity index is 945. The quantitative estimate of drug-likeness (QED) is 0.427. The van der Waals surface area contributed by atoms with Crippen LogP contribution < -0.4 is 0 Å². The maximum absolute atomic E-state index is 13.3. The molecule has 0 amide bonds. The van der Waals surface area contributed by atoms with Crippen molar-refractivity contribution in [3.63, 3.8) is 0 Å². The van der Waals surface area contributed by atoms with E-state index in [9.17, 15) is 13.2 Å². The predicted molar refractivity (Wildman–Crippen MR) is 95.6 cm³/mol. The van der Waals surface area contributed by atoms with Crippen LogP contribution >= 0.6 is 39.1 Å². The van der Waals surface area contributed by atoms with Crippen LogP contribution in [0, 0.1) is 0 Å². The Hall–Kier alpha value is -1.63. The van der Waals surface area contributed by atoms with Gasteiger partial charge >= 0.3 is 6.18 Å². The minimum atomic E-state index is -4.60. The molecule has 0 unspecified atom stereocenters. The monoisotopic (exact) mass is 446 g/mol. The summed E-state index contributed by atoms with van der Waals surface area (Å²) >= 11 is 15.1. The predicted octanol–water partition coefficient (Wildman–Crippen LogP) is 6.90. The Morgan fingerprint density at radius 1 is 0.840 bits per heavy atom. The van der Waals surface area contributed by atoms with Gasteiger partial charge in [0.05, 0.1) is 15.7 Å². The largest absolute Gasteiger partial charge is 0.433 e. The van der Waals surface area contributed by atoms with Crippen LogP contribution in [0.25, 0.3) is 22.6 Å². The minimum Gasteiger partial charge on any atom is -0.228 e. The number of rotatable bonds is 2. The highest BCUT2D eigenvalue weighted by Gasteiger charge is 2.34. The van der Waals surface area contributed by atoms with Gasteiger partial charge in [0.2, 0.25) is 0 Å². The van der Waals surface area contributed by atoms with E-state index in [1.165, 1.54) is 12.1 Å². The third-order valence-corrected chi connectivity index (χ3v) is 4.55. The topological polar surface area (TPSA) is 25.8 Å². The average Bonchev–Trinajstić information content (AvgIpc) is 2.56. The first-order chi connectivity index (χ1) is 11.7. The van der Waals surface area contributed by atoms with Gasteiger partial charge in [0, 0.05) is 15.6 Å². The van der Waals surface area contributed by atoms with Crippen LogP contribution in [0.2, 0.25) is 10.0 Å². The van der Waals surface area contributed by atoms with Gasteiger partial charge in [-0.05, 0) is 30.3 Å². The third kappa shape index (κ3) is 4.14. The number of alkyl halides is 3. The van der Waals surface area contributed by atoms with Crippen molar-refractivity contribution in [1.82, 2.24) is 9.97 Å². The fraction of sp³-hybridized carbons (Fsp3) is 0.0588. The van der Waals surface area contributed by atoms with Crippen LogP contribution in [0.1, 0.15) is 5.69 Å². The van der Waals surface area contributed by atoms with Crippen molar-refractivity contribution in [2.75, 3.05) is 0 Å². The second-order valence-corrected chi connectivity index (χ2v) is 6.83. The number of nitrogens with zero attached hydrogens (tertiary/aromatic N) is 2. The van der Waals surface area contributed by atoms with E-state index in [1.54, 1.807) is 30.3 Å². The molecule has 3 aromatic rings. The van der Waals surface area contributed by atoms with Crippen molar-refractivity contribution in [2.24, 2.45) is 0 Å². The highest BCUT2D eigenvalue weighted by Crippen LogP contribution is 2.34. The van der Waals surface area contributed by atoms with Crippen molar-refractivity contribution in [3.8, 4) is 22.6 Å².